The number of carboxylic acid groups (broad SMARTS) is 2. The highest BCUT2D eigenvalue weighted by Crippen LogP contribution is 2.37. The highest BCUT2D eigenvalue weighted by Gasteiger charge is 2.25. The number of hydrogen-bond acceptors (Lipinski definition) is 5. The summed E-state index contributed by atoms with van der Waals surface area (Å²) in [6.07, 6.45) is 1.71. The molecule has 1 heterocycles. The van der Waals surface area contributed by atoms with E-state index in [4.69, 9.17) is 5.11 Å². The van der Waals surface area contributed by atoms with Crippen LogP contribution in [0.5, 0.6) is 0 Å². The highest BCUT2D eigenvalue weighted by atomic mass is 32.2. The van der Waals surface area contributed by atoms with E-state index in [0.29, 0.717) is 5.69 Å². The second kappa shape index (κ2) is 11.5. The summed E-state index contributed by atoms with van der Waals surface area (Å²) in [4.78, 5) is 51.7. The van der Waals surface area contributed by atoms with Crippen LogP contribution < -0.4 is 10.2 Å². The standard InChI is InChI=1S/C31H24N2O6S/c34-28(33-26-7-3-1-5-19(26)9-10-20-6-2-4-8-27(20)33)18-40-23-14-12-22(13-15-23)32-29(35)24-16-11-21(30(36)37)17-25(24)31(38)39/h1-8,11-17H,9-10,18H2,(H,32,35)(H,36,37)(H,38,39). The number of carbonyl (C=O) groups is 4. The zero-order valence-corrected chi connectivity index (χ0v) is 22.0. The summed E-state index contributed by atoms with van der Waals surface area (Å²) in [5.74, 6) is -3.21. The van der Waals surface area contributed by atoms with Crippen LogP contribution in [0.1, 0.15) is 42.2 Å². The average molecular weight is 553 g/mol. The molecule has 0 saturated heterocycles. The van der Waals surface area contributed by atoms with Crippen LogP contribution in [0.25, 0.3) is 0 Å². The maximum Gasteiger partial charge on any atom is 0.336 e. The number of fused-ring (bicyclic) bond motifs is 2. The Morgan fingerprint density at radius 1 is 0.725 bits per heavy atom. The largest absolute Gasteiger partial charge is 0.478 e. The van der Waals surface area contributed by atoms with E-state index in [-0.39, 0.29) is 22.8 Å². The van der Waals surface area contributed by atoms with Gasteiger partial charge in [-0.25, -0.2) is 9.59 Å². The first-order valence-electron chi connectivity index (χ1n) is 12.5. The first-order chi connectivity index (χ1) is 19.3. The summed E-state index contributed by atoms with van der Waals surface area (Å²) >= 11 is 1.38. The second-order valence-corrected chi connectivity index (χ2v) is 10.2. The minimum atomic E-state index is -1.40. The molecule has 8 nitrogen and oxygen atoms in total. The lowest BCUT2D eigenvalue weighted by Crippen LogP contribution is -2.28. The third-order valence-electron chi connectivity index (χ3n) is 6.59. The number of aryl methyl sites for hydroxylation is 2. The molecule has 40 heavy (non-hydrogen) atoms. The van der Waals surface area contributed by atoms with Gasteiger partial charge in [0.25, 0.3) is 5.91 Å². The van der Waals surface area contributed by atoms with Crippen LogP contribution in [0.2, 0.25) is 0 Å². The van der Waals surface area contributed by atoms with Crippen molar-refractivity contribution in [1.82, 2.24) is 0 Å². The molecule has 1 aliphatic rings. The van der Waals surface area contributed by atoms with Crippen LogP contribution >= 0.6 is 11.8 Å². The van der Waals surface area contributed by atoms with Crippen LogP contribution in [-0.2, 0) is 17.6 Å². The third kappa shape index (κ3) is 5.60. The van der Waals surface area contributed by atoms with Gasteiger partial charge in [-0.15, -0.1) is 11.8 Å². The quantitative estimate of drug-likeness (QED) is 0.244. The van der Waals surface area contributed by atoms with Gasteiger partial charge in [0.1, 0.15) is 0 Å². The monoisotopic (exact) mass is 552 g/mol. The molecule has 9 heteroatoms. The van der Waals surface area contributed by atoms with Gasteiger partial charge in [0.05, 0.1) is 33.8 Å². The summed E-state index contributed by atoms with van der Waals surface area (Å²) in [6, 6.07) is 26.1. The number of carbonyl (C=O) groups excluding carboxylic acids is 2. The molecule has 0 aromatic heterocycles. The van der Waals surface area contributed by atoms with Gasteiger partial charge in [0.15, 0.2) is 0 Å². The van der Waals surface area contributed by atoms with Crippen LogP contribution in [0, 0.1) is 0 Å². The summed E-state index contributed by atoms with van der Waals surface area (Å²) in [5, 5.41) is 21.2. The number of nitrogens with one attached hydrogen (secondary N) is 1. The molecule has 4 aromatic rings. The van der Waals surface area contributed by atoms with Gasteiger partial charge in [-0.05, 0) is 78.6 Å². The van der Waals surface area contributed by atoms with E-state index in [1.165, 1.54) is 23.9 Å². The number of para-hydroxylation sites is 2. The molecule has 3 N–H and O–H groups in total. The van der Waals surface area contributed by atoms with E-state index in [0.717, 1.165) is 46.3 Å². The number of thioether (sulfide) groups is 1. The van der Waals surface area contributed by atoms with Crippen molar-refractivity contribution >= 4 is 52.6 Å². The maximum atomic E-state index is 13.5. The van der Waals surface area contributed by atoms with E-state index in [2.05, 4.69) is 17.4 Å². The lowest BCUT2D eigenvalue weighted by atomic mass is 10.0. The SMILES string of the molecule is O=C(O)c1ccc(C(=O)Nc2ccc(SCC(=O)N3c4ccccc4CCc4ccccc43)cc2)c(C(=O)O)c1. The topological polar surface area (TPSA) is 124 Å². The Hall–Kier alpha value is -4.89. The Labute approximate surface area is 234 Å². The first-order valence-corrected chi connectivity index (χ1v) is 13.4. The van der Waals surface area contributed by atoms with Crippen LogP contribution in [-0.4, -0.2) is 39.7 Å². The summed E-state index contributed by atoms with van der Waals surface area (Å²) in [6.45, 7) is 0. The van der Waals surface area contributed by atoms with Crippen molar-refractivity contribution in [1.29, 1.82) is 0 Å². The van der Waals surface area contributed by atoms with E-state index < -0.39 is 23.4 Å². The molecule has 0 aliphatic carbocycles. The second-order valence-electron chi connectivity index (χ2n) is 9.12. The highest BCUT2D eigenvalue weighted by molar-refractivity contribution is 8.00. The number of benzene rings is 4. The predicted molar refractivity (Wildman–Crippen MR) is 153 cm³/mol. The van der Waals surface area contributed by atoms with Crippen LogP contribution in [0.4, 0.5) is 17.1 Å². The number of carboxylic acids is 2. The molecule has 0 atom stereocenters. The Morgan fingerprint density at radius 3 is 1.90 bits per heavy atom. The molecule has 4 aromatic carbocycles. The Bertz CT molecular complexity index is 1590. The molecule has 0 unspecified atom stereocenters. The summed E-state index contributed by atoms with van der Waals surface area (Å²) in [7, 11) is 0. The molecule has 1 aliphatic heterocycles. The Morgan fingerprint density at radius 2 is 1.32 bits per heavy atom. The number of anilines is 3. The predicted octanol–water partition coefficient (Wildman–Crippen LogP) is 5.89. The lowest BCUT2D eigenvalue weighted by Gasteiger charge is -2.25. The lowest BCUT2D eigenvalue weighted by molar-refractivity contribution is -0.115. The average Bonchev–Trinajstić information content (AvgIpc) is 3.13. The molecule has 5 rings (SSSR count). The van der Waals surface area contributed by atoms with E-state index in [1.54, 1.807) is 29.2 Å². The van der Waals surface area contributed by atoms with Gasteiger partial charge in [-0.2, -0.15) is 0 Å². The van der Waals surface area contributed by atoms with Gasteiger partial charge < -0.3 is 15.5 Å². The molecule has 0 fully saturated rings. The molecule has 0 saturated carbocycles. The van der Waals surface area contributed by atoms with E-state index in [1.807, 2.05) is 36.4 Å². The maximum absolute atomic E-state index is 13.5. The molecule has 0 radical (unpaired) electrons. The number of aromatic carboxylic acids is 2. The normalized spacial score (nSPS) is 12.1. The molecule has 2 amide bonds. The molecular formula is C31H24N2O6S. The Balaban J connectivity index is 1.28. The van der Waals surface area contributed by atoms with Crippen molar-refractivity contribution in [2.75, 3.05) is 16.0 Å². The smallest absolute Gasteiger partial charge is 0.336 e. The Kier molecular flexibility index (Phi) is 7.65. The van der Waals surface area contributed by atoms with Crippen molar-refractivity contribution in [3.8, 4) is 0 Å². The molecule has 0 spiro atoms. The molecular weight excluding hydrogens is 528 g/mol. The fourth-order valence-electron chi connectivity index (χ4n) is 4.64. The number of nitrogens with zero attached hydrogens (tertiary/aromatic N) is 1. The van der Waals surface area contributed by atoms with Gasteiger partial charge >= 0.3 is 11.9 Å². The van der Waals surface area contributed by atoms with Crippen molar-refractivity contribution in [2.24, 2.45) is 0 Å². The zero-order chi connectivity index (χ0) is 28.2. The fraction of sp³-hybridized carbons (Fsp3) is 0.0968. The van der Waals surface area contributed by atoms with Gasteiger partial charge in [-0.1, -0.05) is 36.4 Å². The number of hydrogen-bond donors (Lipinski definition) is 3. The summed E-state index contributed by atoms with van der Waals surface area (Å²) in [5.41, 5.74) is 3.69. The molecule has 200 valence electrons. The minimum absolute atomic E-state index is 0.0461. The van der Waals surface area contributed by atoms with Crippen LogP contribution in [0.15, 0.2) is 95.9 Å². The van der Waals surface area contributed by atoms with Gasteiger partial charge in [-0.3, -0.25) is 14.5 Å². The van der Waals surface area contributed by atoms with Gasteiger partial charge in [0.2, 0.25) is 5.91 Å². The third-order valence-corrected chi connectivity index (χ3v) is 7.59. The number of rotatable bonds is 7. The van der Waals surface area contributed by atoms with E-state index >= 15 is 0 Å². The van der Waals surface area contributed by atoms with E-state index in [9.17, 15) is 24.3 Å². The van der Waals surface area contributed by atoms with Crippen molar-refractivity contribution in [3.63, 3.8) is 0 Å². The number of amides is 2. The van der Waals surface area contributed by atoms with Crippen molar-refractivity contribution < 1.29 is 29.4 Å². The summed E-state index contributed by atoms with van der Waals surface area (Å²) < 4.78 is 0. The minimum Gasteiger partial charge on any atom is -0.478 e. The van der Waals surface area contributed by atoms with Crippen molar-refractivity contribution in [2.45, 2.75) is 17.7 Å². The van der Waals surface area contributed by atoms with Gasteiger partial charge in [0, 0.05) is 10.6 Å². The fourth-order valence-corrected chi connectivity index (χ4v) is 5.39. The van der Waals surface area contributed by atoms with Crippen molar-refractivity contribution in [3.05, 3.63) is 119 Å². The van der Waals surface area contributed by atoms with Crippen LogP contribution in [0.3, 0.4) is 0 Å². The first kappa shape index (κ1) is 26.7. The zero-order valence-electron chi connectivity index (χ0n) is 21.2. The molecule has 0 bridgehead atoms.